The summed E-state index contributed by atoms with van der Waals surface area (Å²) in [6.07, 6.45) is 0.310. The first-order valence-corrected chi connectivity index (χ1v) is 15.2. The first-order chi connectivity index (χ1) is 18.8. The summed E-state index contributed by atoms with van der Waals surface area (Å²) in [6, 6.07) is 17.3. The number of halogens is 2. The molecule has 0 bridgehead atoms. The van der Waals surface area contributed by atoms with Gasteiger partial charge in [0.1, 0.15) is 12.6 Å². The zero-order valence-corrected chi connectivity index (χ0v) is 25.6. The molecule has 0 unspecified atom stereocenters. The fraction of sp³-hybridized carbons (Fsp3) is 0.333. The molecular formula is C30H35Cl2N3O4S. The second-order valence-corrected chi connectivity index (χ2v) is 12.7. The second kappa shape index (κ2) is 13.5. The van der Waals surface area contributed by atoms with Gasteiger partial charge in [0, 0.05) is 22.6 Å². The van der Waals surface area contributed by atoms with Crippen LogP contribution >= 0.6 is 23.2 Å². The van der Waals surface area contributed by atoms with Gasteiger partial charge in [-0.25, -0.2) is 8.42 Å². The van der Waals surface area contributed by atoms with Gasteiger partial charge in [0.25, 0.3) is 10.0 Å². The monoisotopic (exact) mass is 603 g/mol. The number of amides is 2. The highest BCUT2D eigenvalue weighted by atomic mass is 35.5. The Kier molecular flexibility index (Phi) is 10.6. The van der Waals surface area contributed by atoms with Crippen molar-refractivity contribution in [3.63, 3.8) is 0 Å². The van der Waals surface area contributed by atoms with Crippen molar-refractivity contribution >= 4 is 50.7 Å². The SMILES string of the molecule is CC[C@H](C(=O)NC(C)C)N(Cc1ccc(Cl)cc1Cl)C(=O)CN(c1cc(C)cc(C)c1)S(=O)(=O)c1ccccc1. The average Bonchev–Trinajstić information content (AvgIpc) is 2.87. The highest BCUT2D eigenvalue weighted by Crippen LogP contribution is 2.28. The molecule has 3 aromatic rings. The van der Waals surface area contributed by atoms with Crippen molar-refractivity contribution in [3.05, 3.63) is 93.5 Å². The third-order valence-corrected chi connectivity index (χ3v) is 8.65. The van der Waals surface area contributed by atoms with Crippen LogP contribution in [0.4, 0.5) is 5.69 Å². The molecule has 3 rings (SSSR count). The Bertz CT molecular complexity index is 1440. The summed E-state index contributed by atoms with van der Waals surface area (Å²) in [6.45, 7) is 8.67. The Morgan fingerprint density at radius 1 is 0.925 bits per heavy atom. The summed E-state index contributed by atoms with van der Waals surface area (Å²) in [5.41, 5.74) is 2.64. The molecule has 1 N–H and O–H groups in total. The van der Waals surface area contributed by atoms with Crippen molar-refractivity contribution in [2.75, 3.05) is 10.8 Å². The van der Waals surface area contributed by atoms with Crippen LogP contribution in [0.5, 0.6) is 0 Å². The number of benzene rings is 3. The number of carbonyl (C=O) groups is 2. The largest absolute Gasteiger partial charge is 0.352 e. The van der Waals surface area contributed by atoms with E-state index in [1.54, 1.807) is 55.5 Å². The number of anilines is 1. The molecule has 2 amide bonds. The lowest BCUT2D eigenvalue weighted by Crippen LogP contribution is -2.53. The molecule has 7 nitrogen and oxygen atoms in total. The summed E-state index contributed by atoms with van der Waals surface area (Å²) < 4.78 is 28.9. The minimum absolute atomic E-state index is 0.00900. The molecule has 214 valence electrons. The fourth-order valence-electron chi connectivity index (χ4n) is 4.48. The van der Waals surface area contributed by atoms with Gasteiger partial charge in [-0.05, 0) is 87.2 Å². The first kappa shape index (κ1) is 31.5. The standard InChI is InChI=1S/C30H35Cl2N3O4S/c1-6-28(30(37)33-20(2)3)34(18-23-12-13-24(31)17-27(23)32)29(36)19-35(25-15-21(4)14-22(5)16-25)40(38,39)26-10-8-7-9-11-26/h7-17,20,28H,6,18-19H2,1-5H3,(H,33,37)/t28-/m1/s1. The molecule has 0 aliphatic carbocycles. The number of aryl methyl sites for hydroxylation is 2. The predicted octanol–water partition coefficient (Wildman–Crippen LogP) is 6.14. The quantitative estimate of drug-likeness (QED) is 0.285. The molecule has 0 aliphatic heterocycles. The minimum Gasteiger partial charge on any atom is -0.352 e. The van der Waals surface area contributed by atoms with Crippen molar-refractivity contribution in [2.24, 2.45) is 0 Å². The van der Waals surface area contributed by atoms with Gasteiger partial charge in [0.2, 0.25) is 11.8 Å². The Morgan fingerprint density at radius 3 is 2.10 bits per heavy atom. The zero-order chi connectivity index (χ0) is 29.6. The minimum atomic E-state index is -4.13. The van der Waals surface area contributed by atoms with Crippen molar-refractivity contribution < 1.29 is 18.0 Å². The summed E-state index contributed by atoms with van der Waals surface area (Å²) in [4.78, 5) is 28.8. The van der Waals surface area contributed by atoms with Crippen LogP contribution < -0.4 is 9.62 Å². The van der Waals surface area contributed by atoms with E-state index in [-0.39, 0.29) is 23.4 Å². The van der Waals surface area contributed by atoms with Crippen LogP contribution in [0.15, 0.2) is 71.6 Å². The molecule has 10 heteroatoms. The van der Waals surface area contributed by atoms with Gasteiger partial charge >= 0.3 is 0 Å². The highest BCUT2D eigenvalue weighted by molar-refractivity contribution is 7.92. The topological polar surface area (TPSA) is 86.8 Å². The number of hydrogen-bond donors (Lipinski definition) is 1. The van der Waals surface area contributed by atoms with Crippen LogP contribution in [0.25, 0.3) is 0 Å². The van der Waals surface area contributed by atoms with E-state index in [2.05, 4.69) is 5.32 Å². The van der Waals surface area contributed by atoms with Crippen LogP contribution in [0, 0.1) is 13.8 Å². The van der Waals surface area contributed by atoms with Gasteiger partial charge in [0.15, 0.2) is 0 Å². The highest BCUT2D eigenvalue weighted by Gasteiger charge is 2.34. The van der Waals surface area contributed by atoms with Gasteiger partial charge < -0.3 is 10.2 Å². The fourth-order valence-corrected chi connectivity index (χ4v) is 6.36. The van der Waals surface area contributed by atoms with Crippen molar-refractivity contribution in [2.45, 2.75) is 64.6 Å². The number of carbonyl (C=O) groups excluding carboxylic acids is 2. The molecule has 0 aromatic heterocycles. The molecule has 0 saturated carbocycles. The normalized spacial score (nSPS) is 12.2. The van der Waals surface area contributed by atoms with E-state index in [4.69, 9.17) is 23.2 Å². The van der Waals surface area contributed by atoms with E-state index in [0.717, 1.165) is 15.4 Å². The number of rotatable bonds is 11. The average molecular weight is 605 g/mol. The number of sulfonamides is 1. The maximum Gasteiger partial charge on any atom is 0.264 e. The Balaban J connectivity index is 2.11. The van der Waals surface area contributed by atoms with E-state index in [0.29, 0.717) is 27.7 Å². The van der Waals surface area contributed by atoms with E-state index >= 15 is 0 Å². The molecule has 1 atom stereocenters. The van der Waals surface area contributed by atoms with E-state index in [9.17, 15) is 18.0 Å². The summed E-state index contributed by atoms with van der Waals surface area (Å²) >= 11 is 12.5. The molecule has 40 heavy (non-hydrogen) atoms. The first-order valence-electron chi connectivity index (χ1n) is 13.0. The number of nitrogens with one attached hydrogen (secondary N) is 1. The van der Waals surface area contributed by atoms with Gasteiger partial charge in [-0.15, -0.1) is 0 Å². The van der Waals surface area contributed by atoms with Crippen LogP contribution in [-0.4, -0.2) is 43.8 Å². The van der Waals surface area contributed by atoms with Crippen LogP contribution in [0.2, 0.25) is 10.0 Å². The maximum atomic E-state index is 14.1. The molecule has 0 fully saturated rings. The molecular weight excluding hydrogens is 569 g/mol. The molecule has 0 spiro atoms. The van der Waals surface area contributed by atoms with E-state index < -0.39 is 28.5 Å². The van der Waals surface area contributed by atoms with Gasteiger partial charge in [0.05, 0.1) is 10.6 Å². The van der Waals surface area contributed by atoms with Gasteiger partial charge in [-0.3, -0.25) is 13.9 Å². The van der Waals surface area contributed by atoms with E-state index in [1.807, 2.05) is 33.8 Å². The molecule has 0 heterocycles. The van der Waals surface area contributed by atoms with Crippen molar-refractivity contribution in [1.82, 2.24) is 10.2 Å². The van der Waals surface area contributed by atoms with Crippen LogP contribution in [0.3, 0.4) is 0 Å². The third-order valence-electron chi connectivity index (χ3n) is 6.28. The lowest BCUT2D eigenvalue weighted by Gasteiger charge is -2.34. The number of nitrogens with zero attached hydrogens (tertiary/aromatic N) is 2. The smallest absolute Gasteiger partial charge is 0.264 e. The second-order valence-electron chi connectivity index (χ2n) is 10.0. The summed E-state index contributed by atoms with van der Waals surface area (Å²) in [5, 5.41) is 3.65. The van der Waals surface area contributed by atoms with Gasteiger partial charge in [-0.1, -0.05) is 60.5 Å². The molecule has 3 aromatic carbocycles. The maximum absolute atomic E-state index is 14.1. The Hall–Kier alpha value is -3.07. The third kappa shape index (κ3) is 7.77. The Morgan fingerprint density at radius 2 is 1.55 bits per heavy atom. The van der Waals surface area contributed by atoms with Crippen LogP contribution in [-0.2, 0) is 26.2 Å². The van der Waals surface area contributed by atoms with E-state index in [1.165, 1.54) is 17.0 Å². The molecule has 0 saturated heterocycles. The predicted molar refractivity (Wildman–Crippen MR) is 161 cm³/mol. The van der Waals surface area contributed by atoms with Crippen molar-refractivity contribution in [1.29, 1.82) is 0 Å². The summed E-state index contributed by atoms with van der Waals surface area (Å²) in [5.74, 6) is -0.879. The lowest BCUT2D eigenvalue weighted by molar-refractivity contribution is -0.140. The number of hydrogen-bond acceptors (Lipinski definition) is 4. The zero-order valence-electron chi connectivity index (χ0n) is 23.3. The van der Waals surface area contributed by atoms with Gasteiger partial charge in [-0.2, -0.15) is 0 Å². The molecule has 0 radical (unpaired) electrons. The van der Waals surface area contributed by atoms with Crippen molar-refractivity contribution in [3.8, 4) is 0 Å². The van der Waals surface area contributed by atoms with Crippen LogP contribution in [0.1, 0.15) is 43.9 Å². The lowest BCUT2D eigenvalue weighted by atomic mass is 10.1. The summed E-state index contributed by atoms with van der Waals surface area (Å²) in [7, 11) is -4.13. The Labute approximate surface area is 247 Å². The molecule has 0 aliphatic rings.